The highest BCUT2D eigenvalue weighted by Crippen LogP contribution is 2.22. The molecule has 1 aromatic carbocycles. The molecule has 2 N–H and O–H groups in total. The first-order valence-corrected chi connectivity index (χ1v) is 8.13. The number of methoxy groups -OCH3 is 1. The lowest BCUT2D eigenvalue weighted by atomic mass is 10.1. The third-order valence-corrected chi connectivity index (χ3v) is 4.07. The minimum atomic E-state index is -0.167. The SMILES string of the molecule is COc1cccc(-c2cc(C(=O)NCCC(C)n3ccnc3)[nH]n2)c1. The molecule has 0 spiro atoms. The highest BCUT2D eigenvalue weighted by molar-refractivity contribution is 5.93. The van der Waals surface area contributed by atoms with Crippen LogP contribution in [0.3, 0.4) is 0 Å². The molecule has 1 unspecified atom stereocenters. The van der Waals surface area contributed by atoms with E-state index in [0.717, 1.165) is 17.7 Å². The zero-order valence-electron chi connectivity index (χ0n) is 14.3. The number of hydrogen-bond donors (Lipinski definition) is 2. The van der Waals surface area contributed by atoms with Gasteiger partial charge in [0, 0.05) is 30.5 Å². The molecule has 130 valence electrons. The number of ether oxygens (including phenoxy) is 1. The van der Waals surface area contributed by atoms with Gasteiger partial charge in [0.15, 0.2) is 0 Å². The maximum absolute atomic E-state index is 12.3. The summed E-state index contributed by atoms with van der Waals surface area (Å²) in [5.74, 6) is 0.583. The molecule has 7 nitrogen and oxygen atoms in total. The molecule has 2 aromatic heterocycles. The monoisotopic (exact) mass is 339 g/mol. The summed E-state index contributed by atoms with van der Waals surface area (Å²) in [7, 11) is 1.62. The van der Waals surface area contributed by atoms with Gasteiger partial charge >= 0.3 is 0 Å². The summed E-state index contributed by atoms with van der Waals surface area (Å²) in [5.41, 5.74) is 2.03. The Morgan fingerprint density at radius 1 is 1.40 bits per heavy atom. The van der Waals surface area contributed by atoms with Gasteiger partial charge in [-0.3, -0.25) is 9.89 Å². The number of rotatable bonds is 7. The molecule has 0 aliphatic carbocycles. The molecule has 0 bridgehead atoms. The van der Waals surface area contributed by atoms with Gasteiger partial charge in [0.05, 0.1) is 19.1 Å². The van der Waals surface area contributed by atoms with Crippen molar-refractivity contribution in [3.05, 3.63) is 54.7 Å². The van der Waals surface area contributed by atoms with Gasteiger partial charge < -0.3 is 14.6 Å². The number of imidazole rings is 1. The Bertz CT molecular complexity index is 826. The molecule has 3 rings (SSSR count). The zero-order valence-corrected chi connectivity index (χ0v) is 14.3. The summed E-state index contributed by atoms with van der Waals surface area (Å²) in [4.78, 5) is 16.3. The molecule has 0 saturated carbocycles. The first kappa shape index (κ1) is 16.8. The summed E-state index contributed by atoms with van der Waals surface area (Å²) >= 11 is 0. The minimum absolute atomic E-state index is 0.167. The lowest BCUT2D eigenvalue weighted by Gasteiger charge is -2.12. The zero-order chi connectivity index (χ0) is 17.6. The lowest BCUT2D eigenvalue weighted by Crippen LogP contribution is -2.26. The van der Waals surface area contributed by atoms with E-state index in [1.54, 1.807) is 25.7 Å². The van der Waals surface area contributed by atoms with Gasteiger partial charge in [-0.05, 0) is 31.5 Å². The maximum Gasteiger partial charge on any atom is 0.269 e. The van der Waals surface area contributed by atoms with Crippen molar-refractivity contribution in [2.45, 2.75) is 19.4 Å². The van der Waals surface area contributed by atoms with Crippen LogP contribution in [0.5, 0.6) is 5.75 Å². The fourth-order valence-corrected chi connectivity index (χ4v) is 2.54. The second-order valence-corrected chi connectivity index (χ2v) is 5.80. The fraction of sp³-hybridized carbons (Fsp3) is 0.278. The normalized spacial score (nSPS) is 11.9. The number of aromatic amines is 1. The molecule has 2 heterocycles. The van der Waals surface area contributed by atoms with Gasteiger partial charge in [0.1, 0.15) is 11.4 Å². The van der Waals surface area contributed by atoms with E-state index < -0.39 is 0 Å². The van der Waals surface area contributed by atoms with Gasteiger partial charge in [0.25, 0.3) is 5.91 Å². The molecule has 0 saturated heterocycles. The van der Waals surface area contributed by atoms with E-state index in [1.807, 2.05) is 35.0 Å². The Kier molecular flexibility index (Phi) is 5.13. The second-order valence-electron chi connectivity index (χ2n) is 5.80. The molecule has 0 radical (unpaired) electrons. The summed E-state index contributed by atoms with van der Waals surface area (Å²) in [6.45, 7) is 2.66. The largest absolute Gasteiger partial charge is 0.497 e. The predicted molar refractivity (Wildman–Crippen MR) is 94.5 cm³/mol. The van der Waals surface area contributed by atoms with Crippen LogP contribution in [-0.4, -0.2) is 39.3 Å². The fourth-order valence-electron chi connectivity index (χ4n) is 2.54. The quantitative estimate of drug-likeness (QED) is 0.693. The molecule has 0 fully saturated rings. The van der Waals surface area contributed by atoms with Crippen molar-refractivity contribution in [1.82, 2.24) is 25.1 Å². The standard InChI is InChI=1S/C18H21N5O2/c1-13(23-9-8-19-12-23)6-7-20-18(24)17-11-16(21-22-17)14-4-3-5-15(10-14)25-2/h3-5,8-13H,6-7H2,1-2H3,(H,20,24)(H,21,22). The number of carbonyl (C=O) groups is 1. The topological polar surface area (TPSA) is 84.8 Å². The number of hydrogen-bond acceptors (Lipinski definition) is 4. The molecule has 7 heteroatoms. The highest BCUT2D eigenvalue weighted by Gasteiger charge is 2.12. The number of nitrogens with one attached hydrogen (secondary N) is 2. The smallest absolute Gasteiger partial charge is 0.269 e. The van der Waals surface area contributed by atoms with E-state index in [1.165, 1.54) is 0 Å². The van der Waals surface area contributed by atoms with Crippen molar-refractivity contribution < 1.29 is 9.53 Å². The van der Waals surface area contributed by atoms with Crippen molar-refractivity contribution in [3.63, 3.8) is 0 Å². The van der Waals surface area contributed by atoms with Crippen LogP contribution in [0.15, 0.2) is 49.1 Å². The number of H-pyrrole nitrogens is 1. The number of nitrogens with zero attached hydrogens (tertiary/aromatic N) is 3. The van der Waals surface area contributed by atoms with E-state index >= 15 is 0 Å². The van der Waals surface area contributed by atoms with Crippen molar-refractivity contribution in [2.75, 3.05) is 13.7 Å². The van der Waals surface area contributed by atoms with Crippen LogP contribution in [0.4, 0.5) is 0 Å². The Balaban J connectivity index is 1.57. The van der Waals surface area contributed by atoms with E-state index in [2.05, 4.69) is 27.4 Å². The van der Waals surface area contributed by atoms with E-state index in [0.29, 0.717) is 17.9 Å². The lowest BCUT2D eigenvalue weighted by molar-refractivity contribution is 0.0947. The first-order valence-electron chi connectivity index (χ1n) is 8.13. The molecule has 1 atom stereocenters. The first-order chi connectivity index (χ1) is 12.2. The Labute approximate surface area is 146 Å². The summed E-state index contributed by atoms with van der Waals surface area (Å²) in [6.07, 6.45) is 6.27. The van der Waals surface area contributed by atoms with Crippen molar-refractivity contribution >= 4 is 5.91 Å². The van der Waals surface area contributed by atoms with Crippen LogP contribution >= 0.6 is 0 Å². The summed E-state index contributed by atoms with van der Waals surface area (Å²) < 4.78 is 7.23. The Hall–Kier alpha value is -3.09. The molecule has 25 heavy (non-hydrogen) atoms. The van der Waals surface area contributed by atoms with E-state index in [9.17, 15) is 4.79 Å². The minimum Gasteiger partial charge on any atom is -0.497 e. The van der Waals surface area contributed by atoms with Gasteiger partial charge in [-0.1, -0.05) is 12.1 Å². The summed E-state index contributed by atoms with van der Waals surface area (Å²) in [5, 5.41) is 9.91. The summed E-state index contributed by atoms with van der Waals surface area (Å²) in [6, 6.07) is 9.57. The molecular formula is C18H21N5O2. The maximum atomic E-state index is 12.3. The van der Waals surface area contributed by atoms with Crippen molar-refractivity contribution in [3.8, 4) is 17.0 Å². The van der Waals surface area contributed by atoms with Crippen LogP contribution in [-0.2, 0) is 0 Å². The average molecular weight is 339 g/mol. The van der Waals surface area contributed by atoms with Gasteiger partial charge in [-0.2, -0.15) is 5.10 Å². The van der Waals surface area contributed by atoms with Crippen LogP contribution in [0, 0.1) is 0 Å². The predicted octanol–water partition coefficient (Wildman–Crippen LogP) is 2.66. The van der Waals surface area contributed by atoms with Crippen LogP contribution < -0.4 is 10.1 Å². The third kappa shape index (κ3) is 4.06. The number of carbonyl (C=O) groups excluding carboxylic acids is 1. The van der Waals surface area contributed by atoms with Crippen molar-refractivity contribution in [1.29, 1.82) is 0 Å². The van der Waals surface area contributed by atoms with E-state index in [4.69, 9.17) is 4.74 Å². The molecular weight excluding hydrogens is 318 g/mol. The molecule has 3 aromatic rings. The van der Waals surface area contributed by atoms with Gasteiger partial charge in [0.2, 0.25) is 0 Å². The van der Waals surface area contributed by atoms with Crippen LogP contribution in [0.2, 0.25) is 0 Å². The molecule has 0 aliphatic heterocycles. The molecule has 1 amide bonds. The molecule has 0 aliphatic rings. The van der Waals surface area contributed by atoms with Crippen LogP contribution in [0.25, 0.3) is 11.3 Å². The van der Waals surface area contributed by atoms with E-state index in [-0.39, 0.29) is 11.9 Å². The van der Waals surface area contributed by atoms with Crippen molar-refractivity contribution in [2.24, 2.45) is 0 Å². The number of aromatic nitrogens is 4. The number of benzene rings is 1. The Morgan fingerprint density at radius 2 is 2.28 bits per heavy atom. The highest BCUT2D eigenvalue weighted by atomic mass is 16.5. The number of amides is 1. The third-order valence-electron chi connectivity index (χ3n) is 4.07. The van der Waals surface area contributed by atoms with Crippen LogP contribution in [0.1, 0.15) is 29.9 Å². The Morgan fingerprint density at radius 3 is 3.04 bits per heavy atom. The second kappa shape index (κ2) is 7.65. The van der Waals surface area contributed by atoms with Gasteiger partial charge in [-0.15, -0.1) is 0 Å². The van der Waals surface area contributed by atoms with Gasteiger partial charge in [-0.25, -0.2) is 4.98 Å². The average Bonchev–Trinajstić information content (AvgIpc) is 3.33.